The average molecular weight is 312 g/mol. The number of piperidine rings is 1. The minimum Gasteiger partial charge on any atom is -0.495 e. The predicted molar refractivity (Wildman–Crippen MR) is 93.7 cm³/mol. The van der Waals surface area contributed by atoms with Crippen molar-refractivity contribution in [1.29, 1.82) is 0 Å². The number of methoxy groups -OCH3 is 1. The Kier molecular flexibility index (Phi) is 4.65. The first-order valence-corrected chi connectivity index (χ1v) is 8.16. The van der Waals surface area contributed by atoms with E-state index < -0.39 is 0 Å². The largest absolute Gasteiger partial charge is 0.495 e. The van der Waals surface area contributed by atoms with E-state index in [0.29, 0.717) is 0 Å². The molecule has 2 aromatic rings. The van der Waals surface area contributed by atoms with Crippen molar-refractivity contribution < 1.29 is 4.74 Å². The van der Waals surface area contributed by atoms with E-state index in [2.05, 4.69) is 22.1 Å². The molecular weight excluding hydrogens is 288 g/mol. The standard InChI is InChI=1S/C18H24N4O/c1-13-8-10-22(11-9-13)18-19-14(2)12-17(21-18)20-15-6-4-5-7-16(15)23-3/h4-7,12-13H,8-11H2,1-3H3,(H,19,20,21). The summed E-state index contributed by atoms with van der Waals surface area (Å²) < 4.78 is 5.39. The third kappa shape index (κ3) is 3.73. The molecule has 5 nitrogen and oxygen atoms in total. The van der Waals surface area contributed by atoms with Gasteiger partial charge in [0.15, 0.2) is 0 Å². The Bertz CT molecular complexity index is 666. The fourth-order valence-corrected chi connectivity index (χ4v) is 2.85. The summed E-state index contributed by atoms with van der Waals surface area (Å²) in [6.07, 6.45) is 2.40. The molecule has 5 heteroatoms. The summed E-state index contributed by atoms with van der Waals surface area (Å²) in [5.74, 6) is 3.21. The third-order valence-corrected chi connectivity index (χ3v) is 4.28. The summed E-state index contributed by atoms with van der Waals surface area (Å²) in [6.45, 7) is 6.37. The molecular formula is C18H24N4O. The molecule has 2 heterocycles. The molecule has 1 fully saturated rings. The molecule has 122 valence electrons. The molecule has 3 rings (SSSR count). The van der Waals surface area contributed by atoms with E-state index in [4.69, 9.17) is 9.72 Å². The number of benzene rings is 1. The predicted octanol–water partition coefficient (Wildman–Crippen LogP) is 3.77. The van der Waals surface area contributed by atoms with E-state index in [9.17, 15) is 0 Å². The summed E-state index contributed by atoms with van der Waals surface area (Å²) in [7, 11) is 1.67. The van der Waals surface area contributed by atoms with Crippen molar-refractivity contribution in [1.82, 2.24) is 9.97 Å². The normalized spacial score (nSPS) is 15.5. The smallest absolute Gasteiger partial charge is 0.227 e. The second-order valence-electron chi connectivity index (χ2n) is 6.19. The highest BCUT2D eigenvalue weighted by Crippen LogP contribution is 2.28. The van der Waals surface area contributed by atoms with Crippen LogP contribution in [0.25, 0.3) is 0 Å². The van der Waals surface area contributed by atoms with Gasteiger partial charge in [0.2, 0.25) is 5.95 Å². The lowest BCUT2D eigenvalue weighted by molar-refractivity contribution is 0.417. The Labute approximate surface area is 137 Å². The topological polar surface area (TPSA) is 50.3 Å². The van der Waals surface area contributed by atoms with Crippen LogP contribution >= 0.6 is 0 Å². The van der Waals surface area contributed by atoms with Crippen LogP contribution in [0.3, 0.4) is 0 Å². The lowest BCUT2D eigenvalue weighted by Crippen LogP contribution is -2.34. The Morgan fingerprint density at radius 3 is 2.65 bits per heavy atom. The summed E-state index contributed by atoms with van der Waals surface area (Å²) in [5, 5.41) is 3.35. The molecule has 0 bridgehead atoms. The first-order chi connectivity index (χ1) is 11.2. The van der Waals surface area contributed by atoms with E-state index in [1.807, 2.05) is 37.3 Å². The second-order valence-corrected chi connectivity index (χ2v) is 6.19. The molecule has 1 aromatic heterocycles. The van der Waals surface area contributed by atoms with Gasteiger partial charge in [0.05, 0.1) is 12.8 Å². The number of hydrogen-bond acceptors (Lipinski definition) is 5. The van der Waals surface area contributed by atoms with Gasteiger partial charge in [-0.2, -0.15) is 4.98 Å². The molecule has 0 radical (unpaired) electrons. The number of anilines is 3. The number of aromatic nitrogens is 2. The van der Waals surface area contributed by atoms with Crippen molar-refractivity contribution >= 4 is 17.5 Å². The number of aryl methyl sites for hydroxylation is 1. The van der Waals surface area contributed by atoms with Gasteiger partial charge in [-0.05, 0) is 37.8 Å². The van der Waals surface area contributed by atoms with Gasteiger partial charge >= 0.3 is 0 Å². The highest BCUT2D eigenvalue weighted by Gasteiger charge is 2.18. The minimum atomic E-state index is 0.794. The third-order valence-electron chi connectivity index (χ3n) is 4.28. The van der Waals surface area contributed by atoms with Crippen LogP contribution in [0, 0.1) is 12.8 Å². The number of rotatable bonds is 4. The summed E-state index contributed by atoms with van der Waals surface area (Å²) in [5.41, 5.74) is 1.87. The van der Waals surface area contributed by atoms with E-state index in [1.165, 1.54) is 12.8 Å². The van der Waals surface area contributed by atoms with Gasteiger partial charge < -0.3 is 15.0 Å². The zero-order valence-corrected chi connectivity index (χ0v) is 14.0. The van der Waals surface area contributed by atoms with Gasteiger partial charge in [-0.25, -0.2) is 4.98 Å². The molecule has 0 amide bonds. The van der Waals surface area contributed by atoms with Gasteiger partial charge in [-0.3, -0.25) is 0 Å². The van der Waals surface area contributed by atoms with Crippen LogP contribution in [0.1, 0.15) is 25.5 Å². The van der Waals surface area contributed by atoms with Crippen LogP contribution < -0.4 is 15.0 Å². The van der Waals surface area contributed by atoms with Crippen molar-refractivity contribution in [2.24, 2.45) is 5.92 Å². The van der Waals surface area contributed by atoms with Crippen LogP contribution in [0.15, 0.2) is 30.3 Å². The molecule has 0 aliphatic carbocycles. The zero-order valence-electron chi connectivity index (χ0n) is 14.0. The van der Waals surface area contributed by atoms with E-state index >= 15 is 0 Å². The molecule has 1 saturated heterocycles. The molecule has 1 aliphatic heterocycles. The number of para-hydroxylation sites is 2. The van der Waals surface area contributed by atoms with Gasteiger partial charge in [-0.15, -0.1) is 0 Å². The number of hydrogen-bond donors (Lipinski definition) is 1. The maximum atomic E-state index is 5.39. The van der Waals surface area contributed by atoms with Gasteiger partial charge in [-0.1, -0.05) is 19.1 Å². The van der Waals surface area contributed by atoms with Crippen LogP contribution in [0.2, 0.25) is 0 Å². The van der Waals surface area contributed by atoms with Crippen molar-refractivity contribution in [3.05, 3.63) is 36.0 Å². The minimum absolute atomic E-state index is 0.794. The van der Waals surface area contributed by atoms with Crippen LogP contribution in [-0.2, 0) is 0 Å². The lowest BCUT2D eigenvalue weighted by Gasteiger charge is -2.30. The first kappa shape index (κ1) is 15.6. The maximum Gasteiger partial charge on any atom is 0.227 e. The Morgan fingerprint density at radius 1 is 1.17 bits per heavy atom. The van der Waals surface area contributed by atoms with Crippen molar-refractivity contribution in [3.8, 4) is 5.75 Å². The van der Waals surface area contributed by atoms with E-state index in [-0.39, 0.29) is 0 Å². The van der Waals surface area contributed by atoms with Crippen molar-refractivity contribution in [2.45, 2.75) is 26.7 Å². The zero-order chi connectivity index (χ0) is 16.2. The maximum absolute atomic E-state index is 5.39. The van der Waals surface area contributed by atoms with Crippen LogP contribution in [0.4, 0.5) is 17.5 Å². The number of nitrogens with one attached hydrogen (secondary N) is 1. The van der Waals surface area contributed by atoms with Crippen molar-refractivity contribution in [3.63, 3.8) is 0 Å². The average Bonchev–Trinajstić information content (AvgIpc) is 2.55. The Morgan fingerprint density at radius 2 is 1.91 bits per heavy atom. The Balaban J connectivity index is 1.83. The summed E-state index contributed by atoms with van der Waals surface area (Å²) in [6, 6.07) is 9.81. The monoisotopic (exact) mass is 312 g/mol. The van der Waals surface area contributed by atoms with Crippen LogP contribution in [-0.4, -0.2) is 30.2 Å². The van der Waals surface area contributed by atoms with Gasteiger partial charge in [0.25, 0.3) is 0 Å². The fourth-order valence-electron chi connectivity index (χ4n) is 2.85. The summed E-state index contributed by atoms with van der Waals surface area (Å²) >= 11 is 0. The summed E-state index contributed by atoms with van der Waals surface area (Å²) in [4.78, 5) is 11.6. The number of nitrogens with zero attached hydrogens (tertiary/aromatic N) is 3. The van der Waals surface area contributed by atoms with E-state index in [0.717, 1.165) is 47.9 Å². The molecule has 0 spiro atoms. The van der Waals surface area contributed by atoms with Crippen molar-refractivity contribution in [2.75, 3.05) is 30.4 Å². The molecule has 0 unspecified atom stereocenters. The SMILES string of the molecule is COc1ccccc1Nc1cc(C)nc(N2CCC(C)CC2)n1. The molecule has 1 aromatic carbocycles. The van der Waals surface area contributed by atoms with Crippen LogP contribution in [0.5, 0.6) is 5.75 Å². The highest BCUT2D eigenvalue weighted by atomic mass is 16.5. The quantitative estimate of drug-likeness (QED) is 0.931. The number of ether oxygens (including phenoxy) is 1. The highest BCUT2D eigenvalue weighted by molar-refractivity contribution is 5.64. The van der Waals surface area contributed by atoms with E-state index in [1.54, 1.807) is 7.11 Å². The Hall–Kier alpha value is -2.30. The molecule has 23 heavy (non-hydrogen) atoms. The van der Waals surface area contributed by atoms with Gasteiger partial charge in [0.1, 0.15) is 11.6 Å². The molecule has 0 saturated carbocycles. The molecule has 1 N–H and O–H groups in total. The molecule has 0 atom stereocenters. The van der Waals surface area contributed by atoms with Gasteiger partial charge in [0, 0.05) is 24.8 Å². The first-order valence-electron chi connectivity index (χ1n) is 8.16. The fraction of sp³-hybridized carbons (Fsp3) is 0.444. The molecule has 1 aliphatic rings. The second kappa shape index (κ2) is 6.86. The lowest BCUT2D eigenvalue weighted by atomic mass is 10.00.